The van der Waals surface area contributed by atoms with Gasteiger partial charge in [-0.3, -0.25) is 0 Å². The fourth-order valence-electron chi connectivity index (χ4n) is 4.81. The molecule has 206 valence electrons. The molecule has 0 aliphatic carbocycles. The summed E-state index contributed by atoms with van der Waals surface area (Å²) in [4.78, 5) is 0. The van der Waals surface area contributed by atoms with Gasteiger partial charge < -0.3 is 0 Å². The number of halogens is 8. The monoisotopic (exact) mass is 662 g/mol. The Balaban J connectivity index is 2.57. The molecule has 0 aromatic heterocycles. The van der Waals surface area contributed by atoms with Crippen LogP contribution in [0.4, 0.5) is 26.3 Å². The fraction of sp³-hybridized carbons (Fsp3) is 0.400. The molecule has 8 heteroatoms. The first-order valence-corrected chi connectivity index (χ1v) is 13.9. The Morgan fingerprint density at radius 1 is 0.553 bits per heavy atom. The normalized spacial score (nSPS) is 12.9. The molecular weight excluding hydrogens is 634 g/mol. The summed E-state index contributed by atoms with van der Waals surface area (Å²) in [6, 6.07) is 11.8. The first-order valence-electron chi connectivity index (χ1n) is 12.4. The van der Waals surface area contributed by atoms with E-state index in [1.807, 2.05) is 39.8 Å². The molecule has 0 radical (unpaired) electrons. The molecule has 0 aliphatic rings. The molecule has 0 atom stereocenters. The molecule has 0 spiro atoms. The van der Waals surface area contributed by atoms with Gasteiger partial charge in [0.25, 0.3) is 0 Å². The molecule has 0 N–H and O–H groups in total. The lowest BCUT2D eigenvalue weighted by Gasteiger charge is -2.31. The number of hydrogen-bond donors (Lipinski definition) is 0. The van der Waals surface area contributed by atoms with Gasteiger partial charge in [0.2, 0.25) is 0 Å². The highest BCUT2D eigenvalue weighted by molar-refractivity contribution is 9.11. The second-order valence-electron chi connectivity index (χ2n) is 10.4. The molecule has 3 rings (SSSR count). The van der Waals surface area contributed by atoms with E-state index in [1.165, 1.54) is 12.1 Å². The van der Waals surface area contributed by atoms with E-state index in [9.17, 15) is 26.3 Å². The second-order valence-corrected chi connectivity index (χ2v) is 12.0. The summed E-state index contributed by atoms with van der Waals surface area (Å²) in [6.45, 7) is 12.1. The standard InChI is InChI=1S/C30H30Br2F6/c1-15(2)18-13-21(16(3)4)26(22(14-18)17(5)6)25(19-9-7-11-23(27(19)31)29(33,34)35)20-10-8-12-24(28(20)32)30(36,37)38/h7-17,25H,1-6H3. The third kappa shape index (κ3) is 6.16. The topological polar surface area (TPSA) is 0 Å². The fourth-order valence-corrected chi connectivity index (χ4v) is 6.24. The van der Waals surface area contributed by atoms with Crippen LogP contribution in [0, 0.1) is 0 Å². The van der Waals surface area contributed by atoms with Crippen LogP contribution in [0.15, 0.2) is 57.5 Å². The minimum Gasteiger partial charge on any atom is -0.166 e. The minimum absolute atomic E-state index is 0.0298. The van der Waals surface area contributed by atoms with Gasteiger partial charge in [-0.15, -0.1) is 0 Å². The third-order valence-corrected chi connectivity index (χ3v) is 8.53. The maximum absolute atomic E-state index is 14.0. The lowest BCUT2D eigenvalue weighted by molar-refractivity contribution is -0.139. The van der Waals surface area contributed by atoms with Gasteiger partial charge in [-0.1, -0.05) is 77.9 Å². The van der Waals surface area contributed by atoms with Crippen LogP contribution >= 0.6 is 31.9 Å². The van der Waals surface area contributed by atoms with E-state index in [1.54, 1.807) is 12.1 Å². The zero-order valence-corrected chi connectivity index (χ0v) is 25.1. The lowest BCUT2D eigenvalue weighted by atomic mass is 9.74. The lowest BCUT2D eigenvalue weighted by Crippen LogP contribution is -2.17. The van der Waals surface area contributed by atoms with E-state index in [-0.39, 0.29) is 37.8 Å². The van der Waals surface area contributed by atoms with Crippen molar-refractivity contribution in [1.82, 2.24) is 0 Å². The quantitative estimate of drug-likeness (QED) is 0.182. The Hall–Kier alpha value is -1.80. The smallest absolute Gasteiger partial charge is 0.166 e. The average molecular weight is 664 g/mol. The van der Waals surface area contributed by atoms with Gasteiger partial charge in [-0.25, -0.2) is 0 Å². The van der Waals surface area contributed by atoms with Crippen LogP contribution < -0.4 is 0 Å². The first kappa shape index (κ1) is 30.7. The summed E-state index contributed by atoms with van der Waals surface area (Å²) >= 11 is 6.40. The first-order chi connectivity index (χ1) is 17.5. The maximum atomic E-state index is 14.0. The van der Waals surface area contributed by atoms with Crippen molar-refractivity contribution in [3.63, 3.8) is 0 Å². The van der Waals surface area contributed by atoms with Gasteiger partial charge in [0, 0.05) is 14.9 Å². The highest BCUT2D eigenvalue weighted by Crippen LogP contribution is 2.49. The van der Waals surface area contributed by atoms with Gasteiger partial charge >= 0.3 is 12.4 Å². The summed E-state index contributed by atoms with van der Waals surface area (Å²) in [7, 11) is 0. The Bertz CT molecular complexity index is 1210. The van der Waals surface area contributed by atoms with Crippen molar-refractivity contribution in [1.29, 1.82) is 0 Å². The van der Waals surface area contributed by atoms with Crippen molar-refractivity contribution >= 4 is 31.9 Å². The molecule has 0 unspecified atom stereocenters. The Morgan fingerprint density at radius 3 is 1.21 bits per heavy atom. The van der Waals surface area contributed by atoms with E-state index >= 15 is 0 Å². The highest BCUT2D eigenvalue weighted by Gasteiger charge is 2.39. The van der Waals surface area contributed by atoms with Crippen LogP contribution in [0.3, 0.4) is 0 Å². The van der Waals surface area contributed by atoms with E-state index in [4.69, 9.17) is 0 Å². The van der Waals surface area contributed by atoms with Gasteiger partial charge in [0.15, 0.2) is 0 Å². The average Bonchev–Trinajstić information content (AvgIpc) is 2.79. The molecule has 0 bridgehead atoms. The molecular formula is C30H30Br2F6. The van der Waals surface area contributed by atoms with Crippen molar-refractivity contribution < 1.29 is 26.3 Å². The van der Waals surface area contributed by atoms with E-state index < -0.39 is 29.4 Å². The van der Waals surface area contributed by atoms with Crippen molar-refractivity contribution in [3.05, 3.63) is 102 Å². The summed E-state index contributed by atoms with van der Waals surface area (Å²) in [5.41, 5.74) is 2.36. The highest BCUT2D eigenvalue weighted by atomic mass is 79.9. The minimum atomic E-state index is -4.65. The predicted molar refractivity (Wildman–Crippen MR) is 148 cm³/mol. The van der Waals surface area contributed by atoms with Gasteiger partial charge in [0.1, 0.15) is 0 Å². The van der Waals surface area contributed by atoms with Gasteiger partial charge in [-0.05, 0) is 95.1 Å². The van der Waals surface area contributed by atoms with Crippen molar-refractivity contribution in [2.45, 2.75) is 77.6 Å². The number of benzene rings is 3. The van der Waals surface area contributed by atoms with E-state index in [0.29, 0.717) is 0 Å². The zero-order valence-electron chi connectivity index (χ0n) is 22.0. The molecule has 0 fully saturated rings. The summed E-state index contributed by atoms with van der Waals surface area (Å²) in [5, 5.41) is 0. The molecule has 0 heterocycles. The molecule has 3 aromatic carbocycles. The molecule has 0 saturated heterocycles. The third-order valence-electron chi connectivity index (χ3n) is 6.76. The number of alkyl halides is 6. The Kier molecular flexibility index (Phi) is 9.19. The predicted octanol–water partition coefficient (Wildman–Crippen LogP) is 11.8. The largest absolute Gasteiger partial charge is 0.417 e. The van der Waals surface area contributed by atoms with Gasteiger partial charge in [-0.2, -0.15) is 26.3 Å². The van der Waals surface area contributed by atoms with Gasteiger partial charge in [0.05, 0.1) is 11.1 Å². The van der Waals surface area contributed by atoms with Crippen LogP contribution in [-0.4, -0.2) is 0 Å². The molecule has 38 heavy (non-hydrogen) atoms. The van der Waals surface area contributed by atoms with Crippen LogP contribution in [0.25, 0.3) is 0 Å². The molecule has 0 saturated carbocycles. The maximum Gasteiger partial charge on any atom is 0.417 e. The SMILES string of the molecule is CC(C)c1cc(C(C)C)c(C(c2cccc(C(F)(F)F)c2Br)c2cccc(C(F)(F)F)c2Br)c(C(C)C)c1. The van der Waals surface area contributed by atoms with Crippen molar-refractivity contribution in [2.75, 3.05) is 0 Å². The second kappa shape index (κ2) is 11.4. The molecule has 3 aromatic rings. The van der Waals surface area contributed by atoms with Crippen molar-refractivity contribution in [3.8, 4) is 0 Å². The molecule has 0 aliphatic heterocycles. The van der Waals surface area contributed by atoms with Crippen LogP contribution in [0.2, 0.25) is 0 Å². The number of hydrogen-bond acceptors (Lipinski definition) is 0. The molecule has 0 nitrogen and oxygen atoms in total. The van der Waals surface area contributed by atoms with Crippen LogP contribution in [0.1, 0.15) is 110 Å². The summed E-state index contributed by atoms with van der Waals surface area (Å²) in [5.74, 6) is -0.770. The Morgan fingerprint density at radius 2 is 0.921 bits per heavy atom. The zero-order chi connectivity index (χ0) is 28.7. The molecule has 0 amide bonds. The van der Waals surface area contributed by atoms with E-state index in [2.05, 4.69) is 45.7 Å². The Labute approximate surface area is 237 Å². The summed E-state index contributed by atoms with van der Waals surface area (Å²) < 4.78 is 83.4. The summed E-state index contributed by atoms with van der Waals surface area (Å²) in [6.07, 6.45) is -9.29. The van der Waals surface area contributed by atoms with E-state index in [0.717, 1.165) is 34.4 Å². The van der Waals surface area contributed by atoms with Crippen LogP contribution in [0.5, 0.6) is 0 Å². The van der Waals surface area contributed by atoms with Crippen molar-refractivity contribution in [2.24, 2.45) is 0 Å². The van der Waals surface area contributed by atoms with Crippen LogP contribution in [-0.2, 0) is 12.4 Å². The number of rotatable bonds is 6.